The van der Waals surface area contributed by atoms with Gasteiger partial charge in [0.15, 0.2) is 0 Å². The topological polar surface area (TPSA) is 87.2 Å². The quantitative estimate of drug-likeness (QED) is 0.666. The lowest BCUT2D eigenvalue weighted by Gasteiger charge is -2.27. The van der Waals surface area contributed by atoms with Crippen molar-refractivity contribution < 1.29 is 22.7 Å². The van der Waals surface area contributed by atoms with Crippen LogP contribution in [0.25, 0.3) is 0 Å². The highest BCUT2D eigenvalue weighted by molar-refractivity contribution is 7.89. The first-order valence-corrected chi connectivity index (χ1v) is 13.0. The summed E-state index contributed by atoms with van der Waals surface area (Å²) in [5.41, 5.74) is 2.27. The number of rotatable bonds is 4. The molecular weight excluding hydrogens is 454 g/mol. The van der Waals surface area contributed by atoms with Crippen molar-refractivity contribution in [3.05, 3.63) is 53.6 Å². The standard InChI is InChI=1S/C25H29N3O5S/c1-17-14-18-6-4-5-7-21(18)28(17)23(29)16-27-22-9-8-19(15-20(22)25(2,3)24(27)30)34(31,32)26-10-12-33-13-11-26/h4-9,15,17H,10-14,16H2,1-3H3/t17-/m0/s1. The average molecular weight is 484 g/mol. The fraction of sp³-hybridized carbons (Fsp3) is 0.440. The zero-order valence-electron chi connectivity index (χ0n) is 19.7. The fourth-order valence-electron chi connectivity index (χ4n) is 5.22. The van der Waals surface area contributed by atoms with Crippen molar-refractivity contribution in [1.29, 1.82) is 0 Å². The molecule has 2 amide bonds. The van der Waals surface area contributed by atoms with Gasteiger partial charge in [-0.05, 0) is 62.6 Å². The van der Waals surface area contributed by atoms with Gasteiger partial charge in [-0.25, -0.2) is 8.42 Å². The number of carbonyl (C=O) groups excluding carboxylic acids is 2. The Morgan fingerprint density at radius 1 is 1.09 bits per heavy atom. The summed E-state index contributed by atoms with van der Waals surface area (Å²) >= 11 is 0. The van der Waals surface area contributed by atoms with E-state index in [0.29, 0.717) is 37.6 Å². The van der Waals surface area contributed by atoms with E-state index in [1.165, 1.54) is 15.3 Å². The number of ether oxygens (including phenoxy) is 1. The number of hydrogen-bond donors (Lipinski definition) is 0. The van der Waals surface area contributed by atoms with Gasteiger partial charge in [0, 0.05) is 30.5 Å². The number of carbonyl (C=O) groups is 2. The molecule has 3 aliphatic heterocycles. The van der Waals surface area contributed by atoms with Gasteiger partial charge in [-0.3, -0.25) is 9.59 Å². The van der Waals surface area contributed by atoms with Gasteiger partial charge in [0.25, 0.3) is 0 Å². The normalized spacial score (nSPS) is 22.1. The molecule has 0 aromatic heterocycles. The van der Waals surface area contributed by atoms with E-state index >= 15 is 0 Å². The van der Waals surface area contributed by atoms with Gasteiger partial charge in [0.2, 0.25) is 21.8 Å². The molecule has 0 aliphatic carbocycles. The summed E-state index contributed by atoms with van der Waals surface area (Å²) in [5.74, 6) is -0.364. The fourth-order valence-corrected chi connectivity index (χ4v) is 6.66. The van der Waals surface area contributed by atoms with E-state index in [9.17, 15) is 18.0 Å². The molecule has 1 saturated heterocycles. The lowest BCUT2D eigenvalue weighted by molar-refractivity contribution is -0.124. The molecule has 1 fully saturated rings. The third-order valence-electron chi connectivity index (χ3n) is 7.09. The summed E-state index contributed by atoms with van der Waals surface area (Å²) < 4.78 is 33.0. The summed E-state index contributed by atoms with van der Waals surface area (Å²) in [5, 5.41) is 0. The molecule has 0 spiro atoms. The molecule has 3 aliphatic rings. The molecule has 2 aromatic carbocycles. The molecule has 9 heteroatoms. The van der Waals surface area contributed by atoms with Crippen LogP contribution in [-0.4, -0.2) is 63.4 Å². The Morgan fingerprint density at radius 2 is 1.79 bits per heavy atom. The maximum atomic E-state index is 13.4. The van der Waals surface area contributed by atoms with Gasteiger partial charge in [-0.15, -0.1) is 0 Å². The summed E-state index contributed by atoms with van der Waals surface area (Å²) in [6.07, 6.45) is 0.778. The number of benzene rings is 2. The van der Waals surface area contributed by atoms with Crippen molar-refractivity contribution in [1.82, 2.24) is 4.31 Å². The van der Waals surface area contributed by atoms with E-state index < -0.39 is 15.4 Å². The monoisotopic (exact) mass is 483 g/mol. The number of para-hydroxylation sites is 1. The van der Waals surface area contributed by atoms with Crippen LogP contribution in [0.5, 0.6) is 0 Å². The largest absolute Gasteiger partial charge is 0.379 e. The Labute approximate surface area is 200 Å². The van der Waals surface area contributed by atoms with Crippen LogP contribution in [0, 0.1) is 0 Å². The van der Waals surface area contributed by atoms with Crippen LogP contribution in [0.4, 0.5) is 11.4 Å². The van der Waals surface area contributed by atoms with Gasteiger partial charge in [-0.1, -0.05) is 18.2 Å². The second-order valence-corrected chi connectivity index (χ2v) is 11.6. The molecule has 0 saturated carbocycles. The number of nitrogens with zero attached hydrogens (tertiary/aromatic N) is 3. The molecule has 34 heavy (non-hydrogen) atoms. The maximum absolute atomic E-state index is 13.4. The van der Waals surface area contributed by atoms with E-state index in [0.717, 1.165) is 17.7 Å². The van der Waals surface area contributed by atoms with E-state index in [4.69, 9.17) is 4.74 Å². The van der Waals surface area contributed by atoms with Crippen LogP contribution in [0.3, 0.4) is 0 Å². The van der Waals surface area contributed by atoms with E-state index in [-0.39, 0.29) is 29.3 Å². The smallest absolute Gasteiger partial charge is 0.247 e. The van der Waals surface area contributed by atoms with Gasteiger partial charge in [0.05, 0.1) is 23.5 Å². The highest BCUT2D eigenvalue weighted by Gasteiger charge is 2.46. The summed E-state index contributed by atoms with van der Waals surface area (Å²) in [7, 11) is -3.70. The van der Waals surface area contributed by atoms with E-state index in [2.05, 4.69) is 0 Å². The number of fused-ring (bicyclic) bond motifs is 2. The zero-order chi connectivity index (χ0) is 24.3. The van der Waals surface area contributed by atoms with Crippen LogP contribution >= 0.6 is 0 Å². The molecule has 3 heterocycles. The molecule has 1 atom stereocenters. The number of sulfonamides is 1. The Balaban J connectivity index is 1.46. The molecule has 8 nitrogen and oxygen atoms in total. The van der Waals surface area contributed by atoms with Crippen LogP contribution in [-0.2, 0) is 36.2 Å². The predicted octanol–water partition coefficient (Wildman–Crippen LogP) is 2.31. The minimum Gasteiger partial charge on any atom is -0.379 e. The summed E-state index contributed by atoms with van der Waals surface area (Å²) in [6.45, 7) is 6.79. The number of morpholine rings is 1. The van der Waals surface area contributed by atoms with Crippen molar-refractivity contribution >= 4 is 33.2 Å². The first kappa shape index (κ1) is 23.0. The minimum atomic E-state index is -3.70. The predicted molar refractivity (Wildman–Crippen MR) is 128 cm³/mol. The van der Waals surface area contributed by atoms with Crippen molar-refractivity contribution in [2.75, 3.05) is 42.6 Å². The SMILES string of the molecule is C[C@H]1Cc2ccccc2N1C(=O)CN1C(=O)C(C)(C)c2cc(S(=O)(=O)N3CCOCC3)ccc21. The number of amides is 2. The first-order chi connectivity index (χ1) is 16.1. The molecule has 0 radical (unpaired) electrons. The number of anilines is 2. The second-order valence-electron chi connectivity index (χ2n) is 9.66. The molecule has 0 bridgehead atoms. The van der Waals surface area contributed by atoms with Crippen molar-refractivity contribution in [2.45, 2.75) is 43.5 Å². The Hall–Kier alpha value is -2.75. The van der Waals surface area contributed by atoms with Gasteiger partial charge in [0.1, 0.15) is 6.54 Å². The zero-order valence-corrected chi connectivity index (χ0v) is 20.5. The maximum Gasteiger partial charge on any atom is 0.247 e. The molecule has 5 rings (SSSR count). The third kappa shape index (κ3) is 3.54. The molecule has 0 N–H and O–H groups in total. The number of hydrogen-bond acceptors (Lipinski definition) is 5. The summed E-state index contributed by atoms with van der Waals surface area (Å²) in [6, 6.07) is 12.6. The van der Waals surface area contributed by atoms with Crippen molar-refractivity contribution in [3.8, 4) is 0 Å². The van der Waals surface area contributed by atoms with Crippen LogP contribution in [0.2, 0.25) is 0 Å². The van der Waals surface area contributed by atoms with Crippen LogP contribution in [0.15, 0.2) is 47.4 Å². The van der Waals surface area contributed by atoms with Gasteiger partial charge >= 0.3 is 0 Å². The molecule has 0 unspecified atom stereocenters. The van der Waals surface area contributed by atoms with Crippen molar-refractivity contribution in [2.24, 2.45) is 0 Å². The summed E-state index contributed by atoms with van der Waals surface area (Å²) in [4.78, 5) is 30.2. The van der Waals surface area contributed by atoms with Crippen LogP contribution < -0.4 is 9.80 Å². The molecular formula is C25H29N3O5S. The lowest BCUT2D eigenvalue weighted by atomic mass is 9.86. The van der Waals surface area contributed by atoms with Gasteiger partial charge < -0.3 is 14.5 Å². The van der Waals surface area contributed by atoms with Crippen LogP contribution in [0.1, 0.15) is 31.9 Å². The lowest BCUT2D eigenvalue weighted by Crippen LogP contribution is -2.46. The molecule has 180 valence electrons. The second kappa shape index (κ2) is 8.18. The third-order valence-corrected chi connectivity index (χ3v) is 8.98. The van der Waals surface area contributed by atoms with Crippen molar-refractivity contribution in [3.63, 3.8) is 0 Å². The van der Waals surface area contributed by atoms with E-state index in [1.54, 1.807) is 30.9 Å². The highest BCUT2D eigenvalue weighted by Crippen LogP contribution is 2.43. The van der Waals surface area contributed by atoms with Gasteiger partial charge in [-0.2, -0.15) is 4.31 Å². The Bertz CT molecular complexity index is 1270. The Kier molecular flexibility index (Phi) is 5.54. The first-order valence-electron chi connectivity index (χ1n) is 11.6. The highest BCUT2D eigenvalue weighted by atomic mass is 32.2. The molecule has 2 aromatic rings. The Morgan fingerprint density at radius 3 is 2.53 bits per heavy atom. The average Bonchev–Trinajstić information content (AvgIpc) is 3.26. The minimum absolute atomic E-state index is 0.0103. The van der Waals surface area contributed by atoms with E-state index in [1.807, 2.05) is 31.2 Å².